The second kappa shape index (κ2) is 6.24. The van der Waals surface area contributed by atoms with Crippen molar-refractivity contribution in [3.8, 4) is 0 Å². The van der Waals surface area contributed by atoms with Crippen molar-refractivity contribution in [2.45, 2.75) is 56.1 Å². The quantitative estimate of drug-likeness (QED) is 0.802. The predicted octanol–water partition coefficient (Wildman–Crippen LogP) is 2.99. The summed E-state index contributed by atoms with van der Waals surface area (Å²) in [6.07, 6.45) is 3.33. The van der Waals surface area contributed by atoms with Crippen molar-refractivity contribution in [3.63, 3.8) is 0 Å². The van der Waals surface area contributed by atoms with Crippen LogP contribution in [0, 0.1) is 6.92 Å². The van der Waals surface area contributed by atoms with Gasteiger partial charge >= 0.3 is 0 Å². The molecular formula is C18H22N4OS. The van der Waals surface area contributed by atoms with E-state index in [1.807, 2.05) is 24.8 Å². The fourth-order valence-electron chi connectivity index (χ4n) is 3.33. The Morgan fingerprint density at radius 2 is 2.00 bits per heavy atom. The van der Waals surface area contributed by atoms with Crippen molar-refractivity contribution < 1.29 is 4.79 Å². The van der Waals surface area contributed by atoms with Gasteiger partial charge in [-0.05, 0) is 44.2 Å². The number of thioether (sulfide) groups is 1. The third-order valence-corrected chi connectivity index (χ3v) is 5.86. The molecule has 1 atom stereocenters. The zero-order chi connectivity index (χ0) is 16.7. The van der Waals surface area contributed by atoms with Crippen LogP contribution in [0.3, 0.4) is 0 Å². The van der Waals surface area contributed by atoms with Gasteiger partial charge in [-0.3, -0.25) is 4.79 Å². The summed E-state index contributed by atoms with van der Waals surface area (Å²) in [7, 11) is 0. The molecular weight excluding hydrogens is 320 g/mol. The summed E-state index contributed by atoms with van der Waals surface area (Å²) in [5, 5.41) is 9.23. The average Bonchev–Trinajstić information content (AvgIpc) is 3.37. The first kappa shape index (κ1) is 15.7. The van der Waals surface area contributed by atoms with E-state index in [1.165, 1.54) is 24.0 Å². The molecule has 2 aliphatic rings. The first-order valence-electron chi connectivity index (χ1n) is 8.57. The predicted molar refractivity (Wildman–Crippen MR) is 93.9 cm³/mol. The van der Waals surface area contributed by atoms with Crippen LogP contribution in [0.1, 0.15) is 42.8 Å². The van der Waals surface area contributed by atoms with Gasteiger partial charge in [0.15, 0.2) is 5.16 Å². The Kier molecular flexibility index (Phi) is 4.08. The third-order valence-electron chi connectivity index (χ3n) is 4.82. The van der Waals surface area contributed by atoms with Crippen LogP contribution in [-0.4, -0.2) is 37.4 Å². The summed E-state index contributed by atoms with van der Waals surface area (Å²) in [6.45, 7) is 5.49. The molecule has 2 aromatic rings. The number of carbonyl (C=O) groups is 1. The van der Waals surface area contributed by atoms with Crippen molar-refractivity contribution in [2.75, 3.05) is 6.54 Å². The maximum Gasteiger partial charge on any atom is 0.236 e. The number of amides is 1. The minimum atomic E-state index is -0.142. The average molecular weight is 342 g/mol. The van der Waals surface area contributed by atoms with E-state index >= 15 is 0 Å². The minimum Gasteiger partial charge on any atom is -0.337 e. The van der Waals surface area contributed by atoms with E-state index in [0.717, 1.165) is 23.9 Å². The van der Waals surface area contributed by atoms with Crippen LogP contribution < -0.4 is 0 Å². The lowest BCUT2D eigenvalue weighted by Gasteiger charge is -2.30. The van der Waals surface area contributed by atoms with Crippen molar-refractivity contribution in [1.82, 2.24) is 19.7 Å². The van der Waals surface area contributed by atoms with Crippen molar-refractivity contribution >= 4 is 17.7 Å². The molecule has 1 aromatic heterocycles. The molecule has 0 radical (unpaired) electrons. The van der Waals surface area contributed by atoms with Gasteiger partial charge in [-0.1, -0.05) is 36.0 Å². The van der Waals surface area contributed by atoms with E-state index in [2.05, 4.69) is 33.0 Å². The number of aromatic nitrogens is 3. The van der Waals surface area contributed by atoms with Crippen LogP contribution >= 0.6 is 11.8 Å². The third kappa shape index (κ3) is 2.95. The highest BCUT2D eigenvalue weighted by Gasteiger charge is 2.31. The zero-order valence-corrected chi connectivity index (χ0v) is 14.9. The zero-order valence-electron chi connectivity index (χ0n) is 14.1. The molecule has 126 valence electrons. The second-order valence-corrected chi connectivity index (χ2v) is 7.98. The van der Waals surface area contributed by atoms with E-state index in [1.54, 1.807) is 11.8 Å². The molecule has 6 heteroatoms. The van der Waals surface area contributed by atoms with E-state index in [9.17, 15) is 4.79 Å². The summed E-state index contributed by atoms with van der Waals surface area (Å²) in [5.74, 6) is 1.14. The fraction of sp³-hybridized carbons (Fsp3) is 0.500. The van der Waals surface area contributed by atoms with Crippen LogP contribution in [0.25, 0.3) is 0 Å². The number of aryl methyl sites for hydroxylation is 1. The van der Waals surface area contributed by atoms with Gasteiger partial charge in [0.1, 0.15) is 5.82 Å². The highest BCUT2D eigenvalue weighted by atomic mass is 32.2. The SMILES string of the molecule is Cc1nnc(S[C@H](C)C(=O)N2CCc3ccccc3C2)n1C1CC1. The molecule has 4 rings (SSSR count). The molecule has 5 nitrogen and oxygen atoms in total. The molecule has 1 aliphatic heterocycles. The van der Waals surface area contributed by atoms with E-state index in [4.69, 9.17) is 0 Å². The Labute approximate surface area is 146 Å². The van der Waals surface area contributed by atoms with E-state index in [0.29, 0.717) is 12.6 Å². The Bertz CT molecular complexity index is 768. The Morgan fingerprint density at radius 1 is 1.25 bits per heavy atom. The van der Waals surface area contributed by atoms with Crippen LogP contribution in [0.4, 0.5) is 0 Å². The molecule has 2 heterocycles. The molecule has 0 saturated heterocycles. The molecule has 0 bridgehead atoms. The molecule has 0 unspecified atom stereocenters. The molecule has 1 aromatic carbocycles. The highest BCUT2D eigenvalue weighted by Crippen LogP contribution is 2.39. The molecule has 0 N–H and O–H groups in total. The number of hydrogen-bond acceptors (Lipinski definition) is 4. The lowest BCUT2D eigenvalue weighted by molar-refractivity contribution is -0.131. The summed E-state index contributed by atoms with van der Waals surface area (Å²) in [6, 6.07) is 8.94. The normalized spacial score (nSPS) is 18.3. The molecule has 24 heavy (non-hydrogen) atoms. The summed E-state index contributed by atoms with van der Waals surface area (Å²) in [5.41, 5.74) is 2.64. The van der Waals surface area contributed by atoms with Gasteiger partial charge in [-0.25, -0.2) is 0 Å². The van der Waals surface area contributed by atoms with Gasteiger partial charge < -0.3 is 9.47 Å². The number of fused-ring (bicyclic) bond motifs is 1. The van der Waals surface area contributed by atoms with Gasteiger partial charge in [0.25, 0.3) is 0 Å². The van der Waals surface area contributed by atoms with Crippen LogP contribution in [0.15, 0.2) is 29.4 Å². The smallest absolute Gasteiger partial charge is 0.236 e. The minimum absolute atomic E-state index is 0.142. The lowest BCUT2D eigenvalue weighted by atomic mass is 10.00. The Hall–Kier alpha value is -1.82. The second-order valence-electron chi connectivity index (χ2n) is 6.67. The molecule has 1 fully saturated rings. The maximum absolute atomic E-state index is 12.9. The lowest BCUT2D eigenvalue weighted by Crippen LogP contribution is -2.40. The standard InChI is InChI=1S/C18H22N4OS/c1-12(24-18-20-19-13(2)22(18)16-7-8-16)17(23)21-10-9-14-5-3-4-6-15(14)11-21/h3-6,12,16H,7-11H2,1-2H3/t12-/m1/s1. The number of nitrogens with zero attached hydrogens (tertiary/aromatic N) is 4. The highest BCUT2D eigenvalue weighted by molar-refractivity contribution is 8.00. The summed E-state index contributed by atoms with van der Waals surface area (Å²) in [4.78, 5) is 14.8. The largest absolute Gasteiger partial charge is 0.337 e. The van der Waals surface area contributed by atoms with Crippen molar-refractivity contribution in [3.05, 3.63) is 41.2 Å². The molecule has 1 aliphatic carbocycles. The van der Waals surface area contributed by atoms with Crippen molar-refractivity contribution in [1.29, 1.82) is 0 Å². The molecule has 1 saturated carbocycles. The Balaban J connectivity index is 1.45. The van der Waals surface area contributed by atoms with Gasteiger partial charge in [0.2, 0.25) is 5.91 Å². The maximum atomic E-state index is 12.9. The number of benzene rings is 1. The summed E-state index contributed by atoms with van der Waals surface area (Å²) >= 11 is 1.54. The van der Waals surface area contributed by atoms with Gasteiger partial charge in [0.05, 0.1) is 5.25 Å². The molecule has 0 spiro atoms. The monoisotopic (exact) mass is 342 g/mol. The van der Waals surface area contributed by atoms with Gasteiger partial charge in [-0.2, -0.15) is 0 Å². The fourth-order valence-corrected chi connectivity index (χ4v) is 4.38. The first-order valence-corrected chi connectivity index (χ1v) is 9.45. The Morgan fingerprint density at radius 3 is 2.75 bits per heavy atom. The first-order chi connectivity index (χ1) is 11.6. The van der Waals surface area contributed by atoms with Crippen LogP contribution in [-0.2, 0) is 17.8 Å². The van der Waals surface area contributed by atoms with E-state index < -0.39 is 0 Å². The number of rotatable bonds is 4. The van der Waals surface area contributed by atoms with Gasteiger partial charge in [0, 0.05) is 19.1 Å². The van der Waals surface area contributed by atoms with Crippen LogP contribution in [0.2, 0.25) is 0 Å². The van der Waals surface area contributed by atoms with E-state index in [-0.39, 0.29) is 11.2 Å². The number of hydrogen-bond donors (Lipinski definition) is 0. The molecule has 1 amide bonds. The number of carbonyl (C=O) groups excluding carboxylic acids is 1. The van der Waals surface area contributed by atoms with Gasteiger partial charge in [-0.15, -0.1) is 10.2 Å². The van der Waals surface area contributed by atoms with Crippen molar-refractivity contribution in [2.24, 2.45) is 0 Å². The topological polar surface area (TPSA) is 51.0 Å². The van der Waals surface area contributed by atoms with Crippen LogP contribution in [0.5, 0.6) is 0 Å². The summed E-state index contributed by atoms with van der Waals surface area (Å²) < 4.78 is 2.19.